The van der Waals surface area contributed by atoms with E-state index in [2.05, 4.69) is 4.98 Å². The highest BCUT2D eigenvalue weighted by molar-refractivity contribution is 7.89. The van der Waals surface area contributed by atoms with Crippen LogP contribution in [0.15, 0.2) is 17.2 Å². The number of alkyl halides is 1. The van der Waals surface area contributed by atoms with Crippen LogP contribution >= 0.6 is 11.6 Å². The molecule has 1 aliphatic heterocycles. The zero-order valence-electron chi connectivity index (χ0n) is 9.52. The second-order valence-electron chi connectivity index (χ2n) is 4.03. The van der Waals surface area contributed by atoms with Crippen molar-refractivity contribution in [3.8, 4) is 0 Å². The molecule has 0 aliphatic carbocycles. The van der Waals surface area contributed by atoms with Gasteiger partial charge in [0.05, 0.1) is 24.0 Å². The second-order valence-corrected chi connectivity index (χ2v) is 6.19. The largest absolute Gasteiger partial charge is 0.378 e. The number of morpholine rings is 1. The van der Waals surface area contributed by atoms with Crippen molar-refractivity contribution in [2.75, 3.05) is 19.8 Å². The molecule has 1 unspecified atom stereocenters. The Bertz CT molecular complexity index is 485. The number of nitrogens with one attached hydrogen (secondary N) is 1. The quantitative estimate of drug-likeness (QED) is 0.844. The Morgan fingerprint density at radius 3 is 3.00 bits per heavy atom. The van der Waals surface area contributed by atoms with Crippen LogP contribution in [-0.4, -0.2) is 43.5 Å². The van der Waals surface area contributed by atoms with Crippen LogP contribution in [0.2, 0.25) is 0 Å². The lowest BCUT2D eigenvalue weighted by molar-refractivity contribution is 0.0393. The van der Waals surface area contributed by atoms with E-state index in [1.165, 1.54) is 10.5 Å². The molecule has 1 N–H and O–H groups in total. The number of aromatic nitrogens is 1. The Kier molecular flexibility index (Phi) is 3.77. The fourth-order valence-electron chi connectivity index (χ4n) is 1.85. The molecule has 5 nitrogen and oxygen atoms in total. The van der Waals surface area contributed by atoms with Crippen molar-refractivity contribution in [1.82, 2.24) is 9.29 Å². The molecule has 96 valence electrons. The lowest BCUT2D eigenvalue weighted by Gasteiger charge is -2.31. The van der Waals surface area contributed by atoms with Gasteiger partial charge >= 0.3 is 0 Å². The summed E-state index contributed by atoms with van der Waals surface area (Å²) in [5, 5.41) is 0. The van der Waals surface area contributed by atoms with Crippen molar-refractivity contribution >= 4 is 21.6 Å². The third kappa shape index (κ3) is 2.49. The molecule has 0 radical (unpaired) electrons. The summed E-state index contributed by atoms with van der Waals surface area (Å²) in [6.45, 7) is 3.11. The summed E-state index contributed by atoms with van der Waals surface area (Å²) in [5.74, 6) is 0.272. The average molecular weight is 279 g/mol. The Morgan fingerprint density at radius 1 is 1.65 bits per heavy atom. The molecule has 1 saturated heterocycles. The molecule has 1 aromatic rings. The molecule has 1 aliphatic rings. The van der Waals surface area contributed by atoms with Crippen molar-refractivity contribution in [2.45, 2.75) is 23.7 Å². The molecule has 2 rings (SSSR count). The standard InChI is InChI=1S/C10H15ClN2O3S/c1-8-7-16-3-2-13(8)17(14,15)10-4-9(5-11)12-6-10/h4,6,8,12H,2-3,5,7H2,1H3. The third-order valence-corrected chi connectivity index (χ3v) is 5.05. The molecule has 1 fully saturated rings. The summed E-state index contributed by atoms with van der Waals surface area (Å²) in [5.41, 5.74) is 0.700. The molecule has 0 saturated carbocycles. The maximum absolute atomic E-state index is 12.3. The van der Waals surface area contributed by atoms with Gasteiger partial charge in [-0.25, -0.2) is 8.42 Å². The molecule has 1 atom stereocenters. The van der Waals surface area contributed by atoms with Crippen LogP contribution in [0.3, 0.4) is 0 Å². The molecule has 1 aromatic heterocycles. The first-order valence-electron chi connectivity index (χ1n) is 5.38. The van der Waals surface area contributed by atoms with E-state index in [9.17, 15) is 8.42 Å². The molecule has 0 aromatic carbocycles. The second kappa shape index (κ2) is 4.97. The number of hydrogen-bond acceptors (Lipinski definition) is 3. The van der Waals surface area contributed by atoms with E-state index >= 15 is 0 Å². The van der Waals surface area contributed by atoms with E-state index in [0.717, 1.165) is 0 Å². The topological polar surface area (TPSA) is 62.4 Å². The van der Waals surface area contributed by atoms with Gasteiger partial charge in [0.2, 0.25) is 10.0 Å². The number of hydrogen-bond donors (Lipinski definition) is 1. The van der Waals surface area contributed by atoms with Crippen LogP contribution in [0.1, 0.15) is 12.6 Å². The predicted molar refractivity (Wildman–Crippen MR) is 64.5 cm³/mol. The van der Waals surface area contributed by atoms with Gasteiger partial charge < -0.3 is 9.72 Å². The van der Waals surface area contributed by atoms with Crippen LogP contribution in [0.4, 0.5) is 0 Å². The lowest BCUT2D eigenvalue weighted by Crippen LogP contribution is -2.46. The van der Waals surface area contributed by atoms with Crippen LogP contribution in [0, 0.1) is 0 Å². The number of H-pyrrole nitrogens is 1. The zero-order valence-corrected chi connectivity index (χ0v) is 11.1. The van der Waals surface area contributed by atoms with Gasteiger partial charge in [-0.05, 0) is 13.0 Å². The van der Waals surface area contributed by atoms with Gasteiger partial charge in [0.1, 0.15) is 0 Å². The summed E-state index contributed by atoms with van der Waals surface area (Å²) in [6, 6.07) is 1.44. The molecule has 17 heavy (non-hydrogen) atoms. The lowest BCUT2D eigenvalue weighted by atomic mass is 10.3. The van der Waals surface area contributed by atoms with Gasteiger partial charge in [0.25, 0.3) is 0 Å². The minimum atomic E-state index is -3.44. The number of aromatic amines is 1. The van der Waals surface area contributed by atoms with Gasteiger partial charge in [-0.3, -0.25) is 0 Å². The van der Waals surface area contributed by atoms with E-state index in [1.807, 2.05) is 6.92 Å². The summed E-state index contributed by atoms with van der Waals surface area (Å²) in [4.78, 5) is 3.11. The number of sulfonamides is 1. The van der Waals surface area contributed by atoms with Crippen LogP contribution in [-0.2, 0) is 20.6 Å². The monoisotopic (exact) mass is 278 g/mol. The minimum Gasteiger partial charge on any atom is -0.378 e. The van der Waals surface area contributed by atoms with Crippen molar-refractivity contribution < 1.29 is 13.2 Å². The van der Waals surface area contributed by atoms with E-state index in [1.54, 1.807) is 6.07 Å². The summed E-state index contributed by atoms with van der Waals surface area (Å²) in [7, 11) is -3.44. The fraction of sp³-hybridized carbons (Fsp3) is 0.600. The average Bonchev–Trinajstić information content (AvgIpc) is 2.78. The predicted octanol–water partition coefficient (Wildman–Crippen LogP) is 1.16. The van der Waals surface area contributed by atoms with Crippen molar-refractivity contribution in [3.05, 3.63) is 18.0 Å². The smallest absolute Gasteiger partial charge is 0.244 e. The molecule has 0 bridgehead atoms. The number of halogens is 1. The van der Waals surface area contributed by atoms with Crippen LogP contribution < -0.4 is 0 Å². The molecular weight excluding hydrogens is 264 g/mol. The first-order valence-corrected chi connectivity index (χ1v) is 7.36. The molecule has 0 amide bonds. The van der Waals surface area contributed by atoms with Crippen molar-refractivity contribution in [2.24, 2.45) is 0 Å². The zero-order chi connectivity index (χ0) is 12.5. The summed E-state index contributed by atoms with van der Waals surface area (Å²) < 4.78 is 31.4. The summed E-state index contributed by atoms with van der Waals surface area (Å²) in [6.07, 6.45) is 1.48. The maximum atomic E-state index is 12.3. The molecular formula is C10H15ClN2O3S. The van der Waals surface area contributed by atoms with E-state index in [-0.39, 0.29) is 16.8 Å². The highest BCUT2D eigenvalue weighted by Crippen LogP contribution is 2.21. The highest BCUT2D eigenvalue weighted by Gasteiger charge is 2.31. The van der Waals surface area contributed by atoms with Gasteiger partial charge in [0, 0.05) is 24.5 Å². The van der Waals surface area contributed by atoms with Gasteiger partial charge in [-0.2, -0.15) is 4.31 Å². The van der Waals surface area contributed by atoms with Gasteiger partial charge in [0.15, 0.2) is 0 Å². The Balaban J connectivity index is 2.28. The molecule has 2 heterocycles. The number of ether oxygens (including phenoxy) is 1. The number of rotatable bonds is 3. The number of nitrogens with zero attached hydrogens (tertiary/aromatic N) is 1. The fourth-order valence-corrected chi connectivity index (χ4v) is 3.62. The van der Waals surface area contributed by atoms with Gasteiger partial charge in [-0.1, -0.05) is 0 Å². The van der Waals surface area contributed by atoms with Crippen molar-refractivity contribution in [3.63, 3.8) is 0 Å². The van der Waals surface area contributed by atoms with Crippen LogP contribution in [0.5, 0.6) is 0 Å². The Morgan fingerprint density at radius 2 is 2.41 bits per heavy atom. The minimum absolute atomic E-state index is 0.136. The first-order chi connectivity index (χ1) is 8.05. The van der Waals surface area contributed by atoms with E-state index < -0.39 is 10.0 Å². The van der Waals surface area contributed by atoms with Crippen molar-refractivity contribution in [1.29, 1.82) is 0 Å². The normalized spacial score (nSPS) is 22.8. The summed E-state index contributed by atoms with van der Waals surface area (Å²) >= 11 is 5.65. The van der Waals surface area contributed by atoms with Gasteiger partial charge in [-0.15, -0.1) is 11.6 Å². The van der Waals surface area contributed by atoms with Crippen LogP contribution in [0.25, 0.3) is 0 Å². The highest BCUT2D eigenvalue weighted by atomic mass is 35.5. The Labute approximate surface area is 106 Å². The first kappa shape index (κ1) is 12.9. The third-order valence-electron chi connectivity index (χ3n) is 2.77. The maximum Gasteiger partial charge on any atom is 0.244 e. The molecule has 7 heteroatoms. The Hall–Kier alpha value is -0.560. The SMILES string of the molecule is CC1COCCN1S(=O)(=O)c1c[nH]c(CCl)c1. The van der Waals surface area contributed by atoms with E-state index in [4.69, 9.17) is 16.3 Å². The van der Waals surface area contributed by atoms with E-state index in [0.29, 0.717) is 25.5 Å². The molecule has 0 spiro atoms.